The molecule has 0 aliphatic heterocycles. The van der Waals surface area contributed by atoms with Crippen LogP contribution in [-0.2, 0) is 0 Å². The summed E-state index contributed by atoms with van der Waals surface area (Å²) in [7, 11) is 0. The second-order valence-electron chi connectivity index (χ2n) is 3.86. The van der Waals surface area contributed by atoms with Gasteiger partial charge >= 0.3 is 0 Å². The maximum Gasteiger partial charge on any atom is 0.0333 e. The molecule has 1 heteroatoms. The van der Waals surface area contributed by atoms with Crippen LogP contribution in [0.5, 0.6) is 0 Å². The molecule has 0 rings (SSSR count). The Bertz CT molecular complexity index is 136. The molecule has 0 saturated heterocycles. The van der Waals surface area contributed by atoms with Gasteiger partial charge in [0.15, 0.2) is 0 Å². The van der Waals surface area contributed by atoms with Gasteiger partial charge in [-0.1, -0.05) is 19.1 Å². The number of hydrogen-bond acceptors (Lipinski definition) is 1. The lowest BCUT2D eigenvalue weighted by Crippen LogP contribution is -2.45. The molecule has 1 N–H and O–H groups in total. The monoisotopic (exact) mass is 155 g/mol. The van der Waals surface area contributed by atoms with Crippen LogP contribution in [-0.4, -0.2) is 11.6 Å². The van der Waals surface area contributed by atoms with Crippen molar-refractivity contribution in [2.24, 2.45) is 0 Å². The van der Waals surface area contributed by atoms with E-state index in [1.165, 1.54) is 5.57 Å². The van der Waals surface area contributed by atoms with Gasteiger partial charge in [-0.2, -0.15) is 0 Å². The molecule has 0 saturated carbocycles. The normalized spacial score (nSPS) is 14.6. The van der Waals surface area contributed by atoms with Crippen LogP contribution < -0.4 is 5.32 Å². The molecule has 0 fully saturated rings. The Balaban J connectivity index is 4.01. The molecule has 1 unspecified atom stereocenters. The molecular formula is C10H21N. The van der Waals surface area contributed by atoms with Crippen LogP contribution in [0.1, 0.15) is 41.0 Å². The summed E-state index contributed by atoms with van der Waals surface area (Å²) in [6.45, 7) is 14.7. The highest BCUT2D eigenvalue weighted by molar-refractivity contribution is 5.09. The summed E-state index contributed by atoms with van der Waals surface area (Å²) in [5.74, 6) is 0. The molecule has 1 nitrogen and oxygen atoms in total. The first kappa shape index (κ1) is 10.7. The summed E-state index contributed by atoms with van der Waals surface area (Å²) in [5.41, 5.74) is 1.27. The molecule has 0 aromatic heterocycles. The molecule has 0 aliphatic rings. The van der Waals surface area contributed by atoms with E-state index in [1.807, 2.05) is 0 Å². The Kier molecular flexibility index (Phi) is 3.81. The fraction of sp³-hybridized carbons (Fsp3) is 0.800. The van der Waals surface area contributed by atoms with Crippen LogP contribution in [0.25, 0.3) is 0 Å². The average molecular weight is 155 g/mol. The van der Waals surface area contributed by atoms with Gasteiger partial charge in [0.1, 0.15) is 0 Å². The summed E-state index contributed by atoms with van der Waals surface area (Å²) >= 11 is 0. The lowest BCUT2D eigenvalue weighted by molar-refractivity contribution is 0.386. The molecule has 0 spiro atoms. The third-order valence-electron chi connectivity index (χ3n) is 2.29. The predicted octanol–water partition coefficient (Wildman–Crippen LogP) is 2.73. The smallest absolute Gasteiger partial charge is 0.0333 e. The van der Waals surface area contributed by atoms with Crippen LogP contribution >= 0.6 is 0 Å². The first-order valence-corrected chi connectivity index (χ1v) is 4.33. The first-order valence-electron chi connectivity index (χ1n) is 4.33. The zero-order chi connectivity index (χ0) is 9.07. The summed E-state index contributed by atoms with van der Waals surface area (Å²) in [5, 5.41) is 3.51. The maximum atomic E-state index is 3.95. The molecular weight excluding hydrogens is 134 g/mol. The quantitative estimate of drug-likeness (QED) is 0.615. The van der Waals surface area contributed by atoms with Crippen molar-refractivity contribution in [3.05, 3.63) is 12.2 Å². The molecule has 0 aromatic carbocycles. The molecule has 66 valence electrons. The maximum absolute atomic E-state index is 3.95. The molecule has 0 bridgehead atoms. The topological polar surface area (TPSA) is 12.0 Å². The molecule has 0 heterocycles. The van der Waals surface area contributed by atoms with Crippen LogP contribution in [0.3, 0.4) is 0 Å². The fourth-order valence-corrected chi connectivity index (χ4v) is 0.841. The van der Waals surface area contributed by atoms with E-state index in [4.69, 9.17) is 0 Å². The highest BCUT2D eigenvalue weighted by Gasteiger charge is 2.19. The van der Waals surface area contributed by atoms with Gasteiger partial charge < -0.3 is 5.32 Å². The van der Waals surface area contributed by atoms with Crippen LogP contribution in [0.15, 0.2) is 12.2 Å². The lowest BCUT2D eigenvalue weighted by Gasteiger charge is -2.30. The van der Waals surface area contributed by atoms with Crippen LogP contribution in [0.2, 0.25) is 0 Å². The van der Waals surface area contributed by atoms with E-state index in [0.717, 1.165) is 6.42 Å². The van der Waals surface area contributed by atoms with E-state index in [9.17, 15) is 0 Å². The van der Waals surface area contributed by atoms with Gasteiger partial charge in [0, 0.05) is 11.6 Å². The average Bonchev–Trinajstić information content (AvgIpc) is 1.86. The van der Waals surface area contributed by atoms with Crippen molar-refractivity contribution in [1.29, 1.82) is 0 Å². The van der Waals surface area contributed by atoms with Crippen molar-refractivity contribution in [1.82, 2.24) is 5.32 Å². The Hall–Kier alpha value is -0.300. The van der Waals surface area contributed by atoms with Gasteiger partial charge in [-0.3, -0.25) is 0 Å². The highest BCUT2D eigenvalue weighted by atomic mass is 15.0. The van der Waals surface area contributed by atoms with E-state index < -0.39 is 0 Å². The molecule has 1 atom stereocenters. The zero-order valence-electron chi connectivity index (χ0n) is 8.49. The Morgan fingerprint density at radius 3 is 2.27 bits per heavy atom. The first-order chi connectivity index (χ1) is 4.90. The number of nitrogens with one attached hydrogen (secondary N) is 1. The van der Waals surface area contributed by atoms with Crippen LogP contribution in [0.4, 0.5) is 0 Å². The Labute approximate surface area is 70.9 Å². The Morgan fingerprint density at radius 1 is 1.55 bits per heavy atom. The van der Waals surface area contributed by atoms with Gasteiger partial charge in [0.2, 0.25) is 0 Å². The second-order valence-corrected chi connectivity index (χ2v) is 3.86. The third kappa shape index (κ3) is 3.57. The van der Waals surface area contributed by atoms with Crippen molar-refractivity contribution >= 4 is 0 Å². The van der Waals surface area contributed by atoms with E-state index in [-0.39, 0.29) is 5.54 Å². The Morgan fingerprint density at radius 2 is 2.00 bits per heavy atom. The van der Waals surface area contributed by atoms with E-state index in [0.29, 0.717) is 6.04 Å². The summed E-state index contributed by atoms with van der Waals surface area (Å²) in [4.78, 5) is 0. The molecule has 11 heavy (non-hydrogen) atoms. The molecule has 0 aromatic rings. The van der Waals surface area contributed by atoms with E-state index >= 15 is 0 Å². The van der Waals surface area contributed by atoms with E-state index in [2.05, 4.69) is 46.5 Å². The van der Waals surface area contributed by atoms with Crippen molar-refractivity contribution < 1.29 is 0 Å². The van der Waals surface area contributed by atoms with Crippen molar-refractivity contribution in [2.75, 3.05) is 0 Å². The van der Waals surface area contributed by atoms with Gasteiger partial charge in [0.05, 0.1) is 0 Å². The second kappa shape index (κ2) is 3.91. The predicted molar refractivity (Wildman–Crippen MR) is 51.8 cm³/mol. The van der Waals surface area contributed by atoms with Gasteiger partial charge in [0.25, 0.3) is 0 Å². The zero-order valence-corrected chi connectivity index (χ0v) is 8.49. The summed E-state index contributed by atoms with van der Waals surface area (Å²) in [6, 6.07) is 0.571. The van der Waals surface area contributed by atoms with Gasteiger partial charge in [-0.15, -0.1) is 0 Å². The fourth-order valence-electron chi connectivity index (χ4n) is 0.841. The van der Waals surface area contributed by atoms with Crippen LogP contribution in [0, 0.1) is 0 Å². The minimum atomic E-state index is 0.0788. The summed E-state index contributed by atoms with van der Waals surface area (Å²) < 4.78 is 0. The van der Waals surface area contributed by atoms with Crippen molar-refractivity contribution in [3.63, 3.8) is 0 Å². The third-order valence-corrected chi connectivity index (χ3v) is 2.29. The van der Waals surface area contributed by atoms with E-state index in [1.54, 1.807) is 0 Å². The standard InChI is InChI=1S/C10H21N/c1-7-9(4)11-10(5,6)8(2)3/h9,11H,2,7H2,1,3-6H3. The van der Waals surface area contributed by atoms with Gasteiger partial charge in [-0.05, 0) is 34.1 Å². The molecule has 0 aliphatic carbocycles. The van der Waals surface area contributed by atoms with Crippen molar-refractivity contribution in [2.45, 2.75) is 52.6 Å². The summed E-state index contributed by atoms with van der Waals surface area (Å²) in [6.07, 6.45) is 1.16. The molecule has 0 radical (unpaired) electrons. The highest BCUT2D eigenvalue weighted by Crippen LogP contribution is 2.14. The SMILES string of the molecule is C=C(C)C(C)(C)NC(C)CC. The van der Waals surface area contributed by atoms with Gasteiger partial charge in [-0.25, -0.2) is 0 Å². The van der Waals surface area contributed by atoms with Crippen molar-refractivity contribution in [3.8, 4) is 0 Å². The lowest BCUT2D eigenvalue weighted by atomic mass is 9.95. The largest absolute Gasteiger partial charge is 0.306 e. The number of rotatable bonds is 4. The minimum absolute atomic E-state index is 0.0788. The molecule has 0 amide bonds. The number of hydrogen-bond donors (Lipinski definition) is 1. The minimum Gasteiger partial charge on any atom is -0.306 e.